The third kappa shape index (κ3) is 3.89. The first-order valence-corrected chi connectivity index (χ1v) is 11.7. The molecule has 1 N–H and O–H groups in total. The molecule has 0 spiro atoms. The van der Waals surface area contributed by atoms with Crippen LogP contribution in [-0.2, 0) is 0 Å². The quantitative estimate of drug-likeness (QED) is 0.529. The highest BCUT2D eigenvalue weighted by molar-refractivity contribution is 5.00. The molecule has 0 saturated heterocycles. The molecule has 0 aromatic rings. The van der Waals surface area contributed by atoms with E-state index in [1.807, 2.05) is 0 Å². The molecule has 0 aromatic heterocycles. The topological polar surface area (TPSA) is 20.2 Å². The van der Waals surface area contributed by atoms with Crippen LogP contribution in [0.1, 0.15) is 100 Å². The summed E-state index contributed by atoms with van der Waals surface area (Å²) < 4.78 is 0. The summed E-state index contributed by atoms with van der Waals surface area (Å²) in [6, 6.07) is 0. The highest BCUT2D eigenvalue weighted by atomic mass is 16.3. The van der Waals surface area contributed by atoms with Crippen molar-refractivity contribution in [1.82, 2.24) is 0 Å². The van der Waals surface area contributed by atoms with Gasteiger partial charge in [0.05, 0.1) is 0 Å². The van der Waals surface area contributed by atoms with Crippen LogP contribution in [0.2, 0.25) is 0 Å². The van der Waals surface area contributed by atoms with Crippen LogP contribution in [0.5, 0.6) is 0 Å². The summed E-state index contributed by atoms with van der Waals surface area (Å²) in [5.41, 5.74) is 0.931. The van der Waals surface area contributed by atoms with Crippen LogP contribution in [-0.4, -0.2) is 11.7 Å². The summed E-state index contributed by atoms with van der Waals surface area (Å²) in [6.45, 7) is 20.2. The molecule has 2 rings (SSSR count). The molecule has 0 aromatic carbocycles. The van der Waals surface area contributed by atoms with Crippen LogP contribution in [0, 0.1) is 52.3 Å². The summed E-state index contributed by atoms with van der Waals surface area (Å²) in [4.78, 5) is 0. The zero-order chi connectivity index (χ0) is 19.7. The predicted octanol–water partition coefficient (Wildman–Crippen LogP) is 7.18. The minimum Gasteiger partial charge on any atom is -0.396 e. The second-order valence-electron chi connectivity index (χ2n) is 11.1. The lowest BCUT2D eigenvalue weighted by molar-refractivity contribution is -0.0824. The molecule has 8 atom stereocenters. The summed E-state index contributed by atoms with van der Waals surface area (Å²) >= 11 is 0. The summed E-state index contributed by atoms with van der Waals surface area (Å²) in [5.74, 6) is 5.61. The van der Waals surface area contributed by atoms with Gasteiger partial charge in [0.2, 0.25) is 0 Å². The smallest absolute Gasteiger partial charge is 0.0456 e. The van der Waals surface area contributed by atoms with E-state index in [1.165, 1.54) is 44.9 Å². The summed E-state index contributed by atoms with van der Waals surface area (Å²) in [7, 11) is 0. The molecule has 1 heteroatoms. The third-order valence-electron chi connectivity index (χ3n) is 9.89. The fourth-order valence-electron chi connectivity index (χ4n) is 7.25. The standard InChI is InChI=1S/C25H48O/c1-9-23-22(13-11-18(4)24(23,6)7)21-14-12-20(15-17(3)16-26)25(8,10-2)19(21)5/h17-23,26H,9-16H2,1-8H3. The van der Waals surface area contributed by atoms with Gasteiger partial charge in [-0.15, -0.1) is 0 Å². The van der Waals surface area contributed by atoms with Crippen LogP contribution < -0.4 is 0 Å². The largest absolute Gasteiger partial charge is 0.396 e. The molecule has 0 bridgehead atoms. The molecular weight excluding hydrogens is 316 g/mol. The lowest BCUT2D eigenvalue weighted by Crippen LogP contribution is -2.50. The second kappa shape index (κ2) is 8.54. The molecule has 2 saturated carbocycles. The summed E-state index contributed by atoms with van der Waals surface area (Å²) in [5, 5.41) is 9.58. The zero-order valence-electron chi connectivity index (χ0n) is 19.1. The molecule has 0 heterocycles. The number of aliphatic hydroxyl groups is 1. The Kier molecular flexibility index (Phi) is 7.31. The van der Waals surface area contributed by atoms with E-state index in [1.54, 1.807) is 0 Å². The first kappa shape index (κ1) is 22.3. The third-order valence-corrected chi connectivity index (χ3v) is 9.89. The van der Waals surface area contributed by atoms with Gasteiger partial charge in [0, 0.05) is 6.61 Å². The molecule has 0 amide bonds. The monoisotopic (exact) mass is 364 g/mol. The van der Waals surface area contributed by atoms with Crippen LogP contribution in [0.3, 0.4) is 0 Å². The van der Waals surface area contributed by atoms with Gasteiger partial charge in [-0.2, -0.15) is 0 Å². The van der Waals surface area contributed by atoms with E-state index >= 15 is 0 Å². The van der Waals surface area contributed by atoms with Crippen LogP contribution in [0.4, 0.5) is 0 Å². The Morgan fingerprint density at radius 3 is 2.12 bits per heavy atom. The highest BCUT2D eigenvalue weighted by Gasteiger charge is 2.51. The fraction of sp³-hybridized carbons (Fsp3) is 1.00. The van der Waals surface area contributed by atoms with Crippen molar-refractivity contribution in [1.29, 1.82) is 0 Å². The van der Waals surface area contributed by atoms with E-state index in [-0.39, 0.29) is 0 Å². The SMILES string of the molecule is CCC1C(C2CCC(CC(C)CO)C(C)(CC)C2C)CCC(C)C1(C)C. The van der Waals surface area contributed by atoms with Crippen molar-refractivity contribution in [2.45, 2.75) is 100 Å². The van der Waals surface area contributed by atoms with E-state index in [9.17, 15) is 5.11 Å². The van der Waals surface area contributed by atoms with E-state index in [0.717, 1.165) is 35.5 Å². The minimum absolute atomic E-state index is 0.348. The Labute approximate surface area is 164 Å². The van der Waals surface area contributed by atoms with E-state index in [2.05, 4.69) is 55.4 Å². The molecule has 2 aliphatic rings. The van der Waals surface area contributed by atoms with Gasteiger partial charge in [-0.1, -0.05) is 68.2 Å². The maximum absolute atomic E-state index is 9.58. The zero-order valence-corrected chi connectivity index (χ0v) is 19.1. The Hall–Kier alpha value is -0.0400. The molecular formula is C25H48O. The van der Waals surface area contributed by atoms with Crippen molar-refractivity contribution in [3.8, 4) is 0 Å². The average molecular weight is 365 g/mol. The Balaban J connectivity index is 2.23. The Morgan fingerprint density at radius 1 is 0.962 bits per heavy atom. The number of aliphatic hydroxyl groups excluding tert-OH is 1. The molecule has 26 heavy (non-hydrogen) atoms. The minimum atomic E-state index is 0.348. The van der Waals surface area contributed by atoms with Crippen molar-refractivity contribution in [3.63, 3.8) is 0 Å². The van der Waals surface area contributed by atoms with Gasteiger partial charge in [0.15, 0.2) is 0 Å². The molecule has 2 fully saturated rings. The molecule has 2 aliphatic carbocycles. The van der Waals surface area contributed by atoms with Crippen LogP contribution in [0.15, 0.2) is 0 Å². The first-order valence-electron chi connectivity index (χ1n) is 11.7. The van der Waals surface area contributed by atoms with Gasteiger partial charge < -0.3 is 5.11 Å². The average Bonchev–Trinajstić information content (AvgIpc) is 2.61. The van der Waals surface area contributed by atoms with E-state index in [4.69, 9.17) is 0 Å². The predicted molar refractivity (Wildman–Crippen MR) is 114 cm³/mol. The van der Waals surface area contributed by atoms with E-state index < -0.39 is 0 Å². The molecule has 1 nitrogen and oxygen atoms in total. The van der Waals surface area contributed by atoms with Crippen molar-refractivity contribution in [2.75, 3.05) is 6.61 Å². The molecule has 154 valence electrons. The van der Waals surface area contributed by atoms with Gasteiger partial charge in [0.1, 0.15) is 0 Å². The molecule has 0 aliphatic heterocycles. The maximum atomic E-state index is 9.58. The maximum Gasteiger partial charge on any atom is 0.0456 e. The van der Waals surface area contributed by atoms with Crippen molar-refractivity contribution in [3.05, 3.63) is 0 Å². The van der Waals surface area contributed by atoms with Crippen LogP contribution in [0.25, 0.3) is 0 Å². The Morgan fingerprint density at radius 2 is 1.58 bits per heavy atom. The van der Waals surface area contributed by atoms with Crippen molar-refractivity contribution in [2.24, 2.45) is 52.3 Å². The van der Waals surface area contributed by atoms with Gasteiger partial charge in [0.25, 0.3) is 0 Å². The van der Waals surface area contributed by atoms with Gasteiger partial charge >= 0.3 is 0 Å². The first-order chi connectivity index (χ1) is 12.1. The lowest BCUT2D eigenvalue weighted by Gasteiger charge is -2.57. The van der Waals surface area contributed by atoms with Crippen LogP contribution >= 0.6 is 0 Å². The van der Waals surface area contributed by atoms with Gasteiger partial charge in [-0.05, 0) is 84.4 Å². The molecule has 0 radical (unpaired) electrons. The highest BCUT2D eigenvalue weighted by Crippen LogP contribution is 2.59. The summed E-state index contributed by atoms with van der Waals surface area (Å²) in [6.07, 6.45) is 9.52. The lowest BCUT2D eigenvalue weighted by atomic mass is 9.48. The van der Waals surface area contributed by atoms with Gasteiger partial charge in [-0.25, -0.2) is 0 Å². The van der Waals surface area contributed by atoms with Crippen molar-refractivity contribution >= 4 is 0 Å². The van der Waals surface area contributed by atoms with E-state index in [0.29, 0.717) is 23.4 Å². The Bertz CT molecular complexity index is 441. The normalized spacial score (nSPS) is 44.7. The number of rotatable bonds is 6. The molecule has 8 unspecified atom stereocenters. The number of hydrogen-bond acceptors (Lipinski definition) is 1. The second-order valence-corrected chi connectivity index (χ2v) is 11.1. The number of hydrogen-bond donors (Lipinski definition) is 1. The fourth-order valence-corrected chi connectivity index (χ4v) is 7.25. The van der Waals surface area contributed by atoms with Crippen molar-refractivity contribution < 1.29 is 5.11 Å². The van der Waals surface area contributed by atoms with Gasteiger partial charge in [-0.3, -0.25) is 0 Å².